The van der Waals surface area contributed by atoms with Crippen molar-refractivity contribution in [2.24, 2.45) is 0 Å². The van der Waals surface area contributed by atoms with Gasteiger partial charge in [0.25, 0.3) is 5.91 Å². The number of hydrogen-bond donors (Lipinski definition) is 3. The molecule has 0 aromatic heterocycles. The second-order valence-electron chi connectivity index (χ2n) is 7.43. The quantitative estimate of drug-likeness (QED) is 0.445. The highest BCUT2D eigenvalue weighted by Gasteiger charge is 2.21. The fourth-order valence-corrected chi connectivity index (χ4v) is 4.07. The number of carbonyl (C=O) groups is 2. The average Bonchev–Trinajstić information content (AvgIpc) is 2.77. The molecule has 0 saturated carbocycles. The van der Waals surface area contributed by atoms with E-state index in [-0.39, 0.29) is 35.7 Å². The first-order chi connectivity index (χ1) is 15.2. The maximum absolute atomic E-state index is 12.8. The van der Waals surface area contributed by atoms with Crippen molar-refractivity contribution >= 4 is 27.5 Å². The van der Waals surface area contributed by atoms with E-state index in [1.807, 2.05) is 19.9 Å². The molecule has 0 saturated heterocycles. The molecule has 0 aliphatic carbocycles. The van der Waals surface area contributed by atoms with Crippen LogP contribution in [-0.2, 0) is 14.8 Å². The van der Waals surface area contributed by atoms with Gasteiger partial charge in [0, 0.05) is 30.8 Å². The normalized spacial score (nSPS) is 11.3. The summed E-state index contributed by atoms with van der Waals surface area (Å²) in [6.45, 7) is 8.00. The molecule has 0 aliphatic rings. The van der Waals surface area contributed by atoms with Crippen LogP contribution in [0.3, 0.4) is 0 Å². The molecular weight excluding hydrogens is 430 g/mol. The molecule has 3 N–H and O–H groups in total. The lowest BCUT2D eigenvalue weighted by atomic mass is 10.0. The first kappa shape index (κ1) is 25.4. The second kappa shape index (κ2) is 11.6. The van der Waals surface area contributed by atoms with E-state index < -0.39 is 10.0 Å². The van der Waals surface area contributed by atoms with E-state index in [0.29, 0.717) is 30.0 Å². The molecule has 0 atom stereocenters. The Morgan fingerprint density at radius 3 is 2.28 bits per heavy atom. The number of nitrogens with one attached hydrogen (secondary N) is 3. The predicted molar refractivity (Wildman–Crippen MR) is 125 cm³/mol. The van der Waals surface area contributed by atoms with Crippen molar-refractivity contribution in [1.29, 1.82) is 0 Å². The summed E-state index contributed by atoms with van der Waals surface area (Å²) in [5, 5.41) is 5.39. The third kappa shape index (κ3) is 7.06. The van der Waals surface area contributed by atoms with Gasteiger partial charge in [-0.3, -0.25) is 9.59 Å². The van der Waals surface area contributed by atoms with Gasteiger partial charge in [0.15, 0.2) is 0 Å². The van der Waals surface area contributed by atoms with E-state index in [0.717, 1.165) is 5.56 Å². The number of carbonyl (C=O) groups excluding carboxylic acids is 2. The van der Waals surface area contributed by atoms with Crippen LogP contribution < -0.4 is 20.1 Å². The number of anilines is 1. The van der Waals surface area contributed by atoms with Crippen molar-refractivity contribution in [2.75, 3.05) is 25.0 Å². The van der Waals surface area contributed by atoms with Crippen molar-refractivity contribution in [1.82, 2.24) is 10.0 Å². The van der Waals surface area contributed by atoms with Gasteiger partial charge in [-0.2, -0.15) is 0 Å². The smallest absolute Gasteiger partial charge is 0.251 e. The molecule has 0 aliphatic heterocycles. The Balaban J connectivity index is 1.96. The minimum absolute atomic E-state index is 0.0240. The lowest BCUT2D eigenvalue weighted by Crippen LogP contribution is -2.34. The maximum Gasteiger partial charge on any atom is 0.251 e. The molecule has 32 heavy (non-hydrogen) atoms. The summed E-state index contributed by atoms with van der Waals surface area (Å²) in [5.41, 5.74) is 1.90. The van der Waals surface area contributed by atoms with Gasteiger partial charge in [-0.1, -0.05) is 26.8 Å². The lowest BCUT2D eigenvalue weighted by Gasteiger charge is -2.15. The van der Waals surface area contributed by atoms with Crippen LogP contribution in [-0.4, -0.2) is 39.9 Å². The Morgan fingerprint density at radius 2 is 1.69 bits per heavy atom. The number of benzene rings is 2. The Bertz CT molecular complexity index is 1030. The molecule has 0 heterocycles. The third-order valence-electron chi connectivity index (χ3n) is 4.68. The van der Waals surface area contributed by atoms with Crippen LogP contribution in [0.2, 0.25) is 0 Å². The van der Waals surface area contributed by atoms with Crippen LogP contribution in [0, 0.1) is 0 Å². The van der Waals surface area contributed by atoms with E-state index >= 15 is 0 Å². The fraction of sp³-hybridized carbons (Fsp3) is 0.391. The minimum Gasteiger partial charge on any atom is -0.492 e. The SMILES string of the molecule is CCOc1ccc(C(C)C)cc1S(=O)(=O)NCCNC(=O)c1ccc(NC(=O)CC)cc1. The standard InChI is InChI=1S/C23H31N3O5S/c1-5-22(27)26-19-10-7-17(8-11-19)23(28)24-13-14-25-32(29,30)21-15-18(16(3)4)9-12-20(21)31-6-2/h7-12,15-16,25H,5-6,13-14H2,1-4H3,(H,24,28)(H,26,27). The van der Waals surface area contributed by atoms with Crippen molar-refractivity contribution in [2.45, 2.75) is 44.9 Å². The summed E-state index contributed by atoms with van der Waals surface area (Å²) >= 11 is 0. The zero-order chi connectivity index (χ0) is 23.7. The molecule has 2 amide bonds. The van der Waals surface area contributed by atoms with Gasteiger partial charge in [0.2, 0.25) is 15.9 Å². The Hall–Kier alpha value is -2.91. The van der Waals surface area contributed by atoms with E-state index in [9.17, 15) is 18.0 Å². The van der Waals surface area contributed by atoms with Crippen molar-refractivity contribution in [3.8, 4) is 5.75 Å². The van der Waals surface area contributed by atoms with Crippen molar-refractivity contribution in [3.05, 3.63) is 53.6 Å². The second-order valence-corrected chi connectivity index (χ2v) is 9.16. The largest absolute Gasteiger partial charge is 0.492 e. The van der Waals surface area contributed by atoms with Gasteiger partial charge >= 0.3 is 0 Å². The molecule has 0 unspecified atom stereocenters. The van der Waals surface area contributed by atoms with E-state index in [2.05, 4.69) is 15.4 Å². The first-order valence-corrected chi connectivity index (χ1v) is 12.1. The molecule has 174 valence electrons. The molecule has 8 nitrogen and oxygen atoms in total. The van der Waals surface area contributed by atoms with Gasteiger partial charge < -0.3 is 15.4 Å². The van der Waals surface area contributed by atoms with Crippen molar-refractivity contribution < 1.29 is 22.7 Å². The van der Waals surface area contributed by atoms with Crippen LogP contribution in [0.5, 0.6) is 5.75 Å². The topological polar surface area (TPSA) is 114 Å². The van der Waals surface area contributed by atoms with Gasteiger partial charge in [-0.25, -0.2) is 13.1 Å². The molecule has 0 radical (unpaired) electrons. The summed E-state index contributed by atoms with van der Waals surface area (Å²) < 4.78 is 33.7. The number of sulfonamides is 1. The zero-order valence-electron chi connectivity index (χ0n) is 18.9. The van der Waals surface area contributed by atoms with Crippen LogP contribution in [0.1, 0.15) is 56.0 Å². The first-order valence-electron chi connectivity index (χ1n) is 10.6. The molecule has 9 heteroatoms. The summed E-state index contributed by atoms with van der Waals surface area (Å²) in [6.07, 6.45) is 0.367. The highest BCUT2D eigenvalue weighted by atomic mass is 32.2. The van der Waals surface area contributed by atoms with Gasteiger partial charge in [-0.05, 0) is 54.8 Å². The van der Waals surface area contributed by atoms with Crippen molar-refractivity contribution in [3.63, 3.8) is 0 Å². The molecular formula is C23H31N3O5S. The third-order valence-corrected chi connectivity index (χ3v) is 6.16. The summed E-state index contributed by atoms with van der Waals surface area (Å²) in [6, 6.07) is 11.6. The van der Waals surface area contributed by atoms with Gasteiger partial charge in [0.05, 0.1) is 6.61 Å². The Kier molecular flexibility index (Phi) is 9.22. The predicted octanol–water partition coefficient (Wildman–Crippen LogP) is 3.27. The van der Waals surface area contributed by atoms with Crippen LogP contribution in [0.25, 0.3) is 0 Å². The van der Waals surface area contributed by atoms with Gasteiger partial charge in [0.1, 0.15) is 10.6 Å². The molecule has 2 rings (SSSR count). The van der Waals surface area contributed by atoms with Crippen LogP contribution >= 0.6 is 0 Å². The molecule has 2 aromatic rings. The van der Waals surface area contributed by atoms with Crippen LogP contribution in [0.4, 0.5) is 5.69 Å². The summed E-state index contributed by atoms with van der Waals surface area (Å²) in [5.74, 6) is 0.0135. The van der Waals surface area contributed by atoms with E-state index in [1.165, 1.54) is 0 Å². The highest BCUT2D eigenvalue weighted by Crippen LogP contribution is 2.28. The number of amides is 2. The average molecular weight is 462 g/mol. The van der Waals surface area contributed by atoms with Gasteiger partial charge in [-0.15, -0.1) is 0 Å². The summed E-state index contributed by atoms with van der Waals surface area (Å²) in [4.78, 5) is 23.8. The van der Waals surface area contributed by atoms with Crippen LogP contribution in [0.15, 0.2) is 47.4 Å². The van der Waals surface area contributed by atoms with E-state index in [4.69, 9.17) is 4.74 Å². The number of hydrogen-bond acceptors (Lipinski definition) is 5. The molecule has 0 fully saturated rings. The minimum atomic E-state index is -3.82. The zero-order valence-corrected chi connectivity index (χ0v) is 19.7. The number of ether oxygens (including phenoxy) is 1. The molecule has 0 spiro atoms. The number of rotatable bonds is 11. The lowest BCUT2D eigenvalue weighted by molar-refractivity contribution is -0.115. The highest BCUT2D eigenvalue weighted by molar-refractivity contribution is 7.89. The monoisotopic (exact) mass is 461 g/mol. The molecule has 2 aromatic carbocycles. The molecule has 0 bridgehead atoms. The Labute approximate surface area is 189 Å². The Morgan fingerprint density at radius 1 is 1.00 bits per heavy atom. The summed E-state index contributed by atoms with van der Waals surface area (Å²) in [7, 11) is -3.82. The van der Waals surface area contributed by atoms with E-state index in [1.54, 1.807) is 50.2 Å². The fourth-order valence-electron chi connectivity index (χ4n) is 2.86. The maximum atomic E-state index is 12.8.